The van der Waals surface area contributed by atoms with Crippen molar-refractivity contribution in [1.82, 2.24) is 10.3 Å². The van der Waals surface area contributed by atoms with Gasteiger partial charge in [-0.05, 0) is 97.8 Å². The van der Waals surface area contributed by atoms with E-state index in [1.54, 1.807) is 5.57 Å². The molecule has 5 rings (SSSR count). The lowest BCUT2D eigenvalue weighted by Crippen LogP contribution is -2.59. The Hall–Kier alpha value is -1.15. The van der Waals surface area contributed by atoms with Gasteiger partial charge in [0, 0.05) is 17.9 Å². The van der Waals surface area contributed by atoms with Crippen LogP contribution in [-0.2, 0) is 0 Å². The van der Waals surface area contributed by atoms with E-state index in [1.807, 2.05) is 6.20 Å². The first-order valence-corrected chi connectivity index (χ1v) is 10.3. The Bertz CT molecular complexity index is 710. The summed E-state index contributed by atoms with van der Waals surface area (Å²) in [7, 11) is 0. The summed E-state index contributed by atoms with van der Waals surface area (Å²) in [6.07, 6.45) is 14.7. The van der Waals surface area contributed by atoms with Crippen LogP contribution in [0.1, 0.15) is 64.9 Å². The third kappa shape index (κ3) is 1.98. The molecular formula is C23H32N2. The fourth-order valence-electron chi connectivity index (χ4n) is 7.52. The smallest absolute Gasteiger partial charge is 0.0343 e. The third-order valence-electron chi connectivity index (χ3n) is 9.21. The number of aromatic nitrogens is 1. The van der Waals surface area contributed by atoms with Crippen LogP contribution in [0.15, 0.2) is 30.6 Å². The first kappa shape index (κ1) is 16.1. The van der Waals surface area contributed by atoms with Gasteiger partial charge in [0.05, 0.1) is 0 Å². The second-order valence-corrected chi connectivity index (χ2v) is 9.89. The Labute approximate surface area is 152 Å². The van der Waals surface area contributed by atoms with Crippen molar-refractivity contribution in [3.8, 4) is 0 Å². The van der Waals surface area contributed by atoms with Gasteiger partial charge >= 0.3 is 0 Å². The zero-order valence-corrected chi connectivity index (χ0v) is 16.0. The minimum absolute atomic E-state index is 0.361. The lowest BCUT2D eigenvalue weighted by atomic mass is 9.45. The van der Waals surface area contributed by atoms with Gasteiger partial charge in [-0.15, -0.1) is 0 Å². The first-order chi connectivity index (χ1) is 12.0. The van der Waals surface area contributed by atoms with Crippen molar-refractivity contribution >= 4 is 5.57 Å². The van der Waals surface area contributed by atoms with Crippen LogP contribution in [0.25, 0.3) is 5.57 Å². The molecule has 2 heterocycles. The molecule has 1 aromatic heterocycles. The lowest BCUT2D eigenvalue weighted by molar-refractivity contribution is -0.0763. The normalized spacial score (nSPS) is 48.4. The van der Waals surface area contributed by atoms with E-state index in [1.165, 1.54) is 50.6 Å². The van der Waals surface area contributed by atoms with Crippen LogP contribution in [0.3, 0.4) is 0 Å². The van der Waals surface area contributed by atoms with Gasteiger partial charge in [-0.3, -0.25) is 4.98 Å². The van der Waals surface area contributed by atoms with Gasteiger partial charge in [0.2, 0.25) is 0 Å². The highest BCUT2D eigenvalue weighted by Gasteiger charge is 2.62. The molecule has 1 N–H and O–H groups in total. The van der Waals surface area contributed by atoms with Gasteiger partial charge in [-0.2, -0.15) is 0 Å². The van der Waals surface area contributed by atoms with Gasteiger partial charge < -0.3 is 5.32 Å². The van der Waals surface area contributed by atoms with E-state index >= 15 is 0 Å². The molecule has 2 nitrogen and oxygen atoms in total. The minimum atomic E-state index is 0.361. The molecule has 6 unspecified atom stereocenters. The Balaban J connectivity index is 1.49. The van der Waals surface area contributed by atoms with Crippen molar-refractivity contribution in [2.24, 2.45) is 28.6 Å². The van der Waals surface area contributed by atoms with Crippen LogP contribution in [0, 0.1) is 28.6 Å². The number of nitrogens with one attached hydrogen (secondary N) is 1. The average Bonchev–Trinajstić information content (AvgIpc) is 3.12. The standard InChI is InChI=1S/C23H32N2/c1-21-10-9-20-17(8-11-23(3)22(20,2)12-14-25-23)19(21)7-6-18(21)16-5-4-13-24-15-16/h4-6,13,15,17,19-20,25H,7-12,14H2,1-3H3. The highest BCUT2D eigenvalue weighted by Crippen LogP contribution is 2.67. The van der Waals surface area contributed by atoms with Crippen molar-refractivity contribution in [3.05, 3.63) is 36.2 Å². The molecule has 2 saturated carbocycles. The summed E-state index contributed by atoms with van der Waals surface area (Å²) in [5.74, 6) is 2.64. The number of fused-ring (bicyclic) bond motifs is 5. The Morgan fingerprint density at radius 2 is 1.96 bits per heavy atom. The van der Waals surface area contributed by atoms with Crippen LogP contribution in [0.2, 0.25) is 0 Å². The maximum Gasteiger partial charge on any atom is 0.0343 e. The number of hydrogen-bond donors (Lipinski definition) is 1. The summed E-state index contributed by atoms with van der Waals surface area (Å²) in [5, 5.41) is 3.89. The molecule has 0 bridgehead atoms. The van der Waals surface area contributed by atoms with E-state index in [0.29, 0.717) is 16.4 Å². The fourth-order valence-corrected chi connectivity index (χ4v) is 7.52. The van der Waals surface area contributed by atoms with Crippen LogP contribution < -0.4 is 5.32 Å². The van der Waals surface area contributed by atoms with Crippen molar-refractivity contribution in [3.63, 3.8) is 0 Å². The monoisotopic (exact) mass is 336 g/mol. The van der Waals surface area contributed by atoms with E-state index in [0.717, 1.165) is 17.8 Å². The van der Waals surface area contributed by atoms with Gasteiger partial charge in [0.15, 0.2) is 0 Å². The molecule has 0 aromatic carbocycles. The van der Waals surface area contributed by atoms with E-state index < -0.39 is 0 Å². The summed E-state index contributed by atoms with van der Waals surface area (Å²) in [5.41, 5.74) is 4.18. The first-order valence-electron chi connectivity index (χ1n) is 10.3. The second kappa shape index (κ2) is 5.19. The highest BCUT2D eigenvalue weighted by atomic mass is 15.0. The van der Waals surface area contributed by atoms with Gasteiger partial charge in [0.25, 0.3) is 0 Å². The minimum Gasteiger partial charge on any atom is -0.311 e. The summed E-state index contributed by atoms with van der Waals surface area (Å²) in [4.78, 5) is 4.39. The molecule has 3 fully saturated rings. The van der Waals surface area contributed by atoms with E-state index in [2.05, 4.69) is 55.5 Å². The third-order valence-corrected chi connectivity index (χ3v) is 9.21. The van der Waals surface area contributed by atoms with Crippen molar-refractivity contribution in [2.45, 2.75) is 64.8 Å². The van der Waals surface area contributed by atoms with Gasteiger partial charge in [-0.1, -0.05) is 26.0 Å². The van der Waals surface area contributed by atoms with Crippen molar-refractivity contribution in [2.75, 3.05) is 6.54 Å². The molecule has 6 atom stereocenters. The van der Waals surface area contributed by atoms with E-state index in [-0.39, 0.29) is 0 Å². The molecule has 134 valence electrons. The zero-order valence-electron chi connectivity index (χ0n) is 16.0. The SMILES string of the molecule is CC12CCC3C(CCC4(C)NCCC34C)C1CC=C2c1cccnc1. The van der Waals surface area contributed by atoms with Crippen molar-refractivity contribution in [1.29, 1.82) is 0 Å². The molecule has 1 saturated heterocycles. The molecule has 3 aliphatic carbocycles. The molecule has 4 aliphatic rings. The number of pyridine rings is 1. The zero-order chi connectivity index (χ0) is 17.3. The molecule has 2 heteroatoms. The van der Waals surface area contributed by atoms with Crippen molar-refractivity contribution < 1.29 is 0 Å². The number of nitrogens with zero attached hydrogens (tertiary/aromatic N) is 1. The van der Waals surface area contributed by atoms with Crippen LogP contribution >= 0.6 is 0 Å². The largest absolute Gasteiger partial charge is 0.311 e. The maximum atomic E-state index is 4.39. The number of allylic oxidation sites excluding steroid dienone is 2. The Kier molecular flexibility index (Phi) is 3.33. The molecule has 0 spiro atoms. The Morgan fingerprint density at radius 1 is 1.08 bits per heavy atom. The molecular weight excluding hydrogens is 304 g/mol. The summed E-state index contributed by atoms with van der Waals surface area (Å²) >= 11 is 0. The van der Waals surface area contributed by atoms with E-state index in [4.69, 9.17) is 0 Å². The van der Waals surface area contributed by atoms with Crippen LogP contribution in [-0.4, -0.2) is 17.1 Å². The topological polar surface area (TPSA) is 24.9 Å². The average molecular weight is 337 g/mol. The van der Waals surface area contributed by atoms with Crippen LogP contribution in [0.4, 0.5) is 0 Å². The summed E-state index contributed by atoms with van der Waals surface area (Å²) in [6.45, 7) is 8.90. The molecule has 0 amide bonds. The summed E-state index contributed by atoms with van der Waals surface area (Å²) < 4.78 is 0. The quantitative estimate of drug-likeness (QED) is 0.774. The predicted octanol–water partition coefficient (Wildman–Crippen LogP) is 5.07. The van der Waals surface area contributed by atoms with Gasteiger partial charge in [-0.25, -0.2) is 0 Å². The van der Waals surface area contributed by atoms with Crippen LogP contribution in [0.5, 0.6) is 0 Å². The highest BCUT2D eigenvalue weighted by molar-refractivity contribution is 5.72. The lowest BCUT2D eigenvalue weighted by Gasteiger charge is -2.60. The summed E-state index contributed by atoms with van der Waals surface area (Å²) in [6, 6.07) is 4.36. The van der Waals surface area contributed by atoms with E-state index in [9.17, 15) is 0 Å². The fraction of sp³-hybridized carbons (Fsp3) is 0.696. The number of rotatable bonds is 1. The molecule has 0 radical (unpaired) electrons. The maximum absolute atomic E-state index is 4.39. The number of hydrogen-bond acceptors (Lipinski definition) is 2. The predicted molar refractivity (Wildman–Crippen MR) is 103 cm³/mol. The molecule has 1 aromatic rings. The molecule has 1 aliphatic heterocycles. The second-order valence-electron chi connectivity index (χ2n) is 9.89. The Morgan fingerprint density at radius 3 is 2.76 bits per heavy atom. The van der Waals surface area contributed by atoms with Gasteiger partial charge in [0.1, 0.15) is 0 Å². The molecule has 25 heavy (non-hydrogen) atoms.